The third kappa shape index (κ3) is 6.40. The van der Waals surface area contributed by atoms with Crippen molar-refractivity contribution in [3.8, 4) is 5.75 Å². The van der Waals surface area contributed by atoms with E-state index in [1.54, 1.807) is 0 Å². The van der Waals surface area contributed by atoms with Gasteiger partial charge in [-0.05, 0) is 31.7 Å². The highest BCUT2D eigenvalue weighted by atomic mass is 16.6. The molecule has 1 aromatic rings. The molecule has 2 amide bonds. The molecule has 25 heavy (non-hydrogen) atoms. The van der Waals surface area contributed by atoms with Gasteiger partial charge in [-0.1, -0.05) is 20.8 Å². The van der Waals surface area contributed by atoms with Crippen LogP contribution in [-0.2, 0) is 9.59 Å². The van der Waals surface area contributed by atoms with Gasteiger partial charge in [0.05, 0.1) is 17.7 Å². The number of nitrogens with zero attached hydrogens (tertiary/aromatic N) is 1. The SMILES string of the molecule is COc1ccc([N+](=O)[O-])cc1NC(=O)C(=O)NC(C)(C)CC(C)(C)C. The number of hydrogen-bond donors (Lipinski definition) is 2. The standard InChI is InChI=1S/C17H25N3O5/c1-16(2,3)10-17(4,5)19-15(22)14(21)18-12-9-11(20(23)24)7-8-13(12)25-6/h7-9H,10H2,1-6H3,(H,18,21)(H,19,22). The topological polar surface area (TPSA) is 111 Å². The molecule has 0 aliphatic rings. The van der Waals surface area contributed by atoms with Crippen molar-refractivity contribution < 1.29 is 19.2 Å². The lowest BCUT2D eigenvalue weighted by atomic mass is 9.82. The number of non-ortho nitro benzene ring substituents is 1. The van der Waals surface area contributed by atoms with Crippen molar-refractivity contribution in [1.82, 2.24) is 5.32 Å². The predicted molar refractivity (Wildman–Crippen MR) is 94.6 cm³/mol. The molecule has 0 aromatic heterocycles. The fourth-order valence-corrected chi connectivity index (χ4v) is 2.82. The van der Waals surface area contributed by atoms with E-state index < -0.39 is 22.3 Å². The van der Waals surface area contributed by atoms with Crippen molar-refractivity contribution in [1.29, 1.82) is 0 Å². The second kappa shape index (κ2) is 7.50. The molecule has 0 heterocycles. The molecule has 0 bridgehead atoms. The number of nitrogens with one attached hydrogen (secondary N) is 2. The first-order valence-corrected chi connectivity index (χ1v) is 7.80. The Morgan fingerprint density at radius 2 is 1.76 bits per heavy atom. The van der Waals surface area contributed by atoms with E-state index in [-0.39, 0.29) is 22.5 Å². The number of amides is 2. The fourth-order valence-electron chi connectivity index (χ4n) is 2.82. The normalized spacial score (nSPS) is 11.6. The maximum Gasteiger partial charge on any atom is 0.313 e. The molecule has 0 atom stereocenters. The first-order valence-electron chi connectivity index (χ1n) is 7.80. The number of rotatable bonds is 5. The van der Waals surface area contributed by atoms with E-state index >= 15 is 0 Å². The number of benzene rings is 1. The van der Waals surface area contributed by atoms with Crippen LogP contribution in [0.15, 0.2) is 18.2 Å². The van der Waals surface area contributed by atoms with E-state index in [2.05, 4.69) is 10.6 Å². The number of carbonyl (C=O) groups excluding carboxylic acids is 2. The summed E-state index contributed by atoms with van der Waals surface area (Å²) in [7, 11) is 1.36. The number of anilines is 1. The summed E-state index contributed by atoms with van der Waals surface area (Å²) < 4.78 is 5.06. The van der Waals surface area contributed by atoms with Crippen molar-refractivity contribution in [3.63, 3.8) is 0 Å². The van der Waals surface area contributed by atoms with E-state index in [4.69, 9.17) is 4.74 Å². The lowest BCUT2D eigenvalue weighted by molar-refractivity contribution is -0.384. The second-order valence-corrected chi connectivity index (χ2v) is 7.67. The lowest BCUT2D eigenvalue weighted by Crippen LogP contribution is -2.49. The Bertz CT molecular complexity index is 677. The number of nitro benzene ring substituents is 1. The van der Waals surface area contributed by atoms with E-state index in [9.17, 15) is 19.7 Å². The van der Waals surface area contributed by atoms with Gasteiger partial charge in [-0.25, -0.2) is 0 Å². The maximum atomic E-state index is 12.2. The highest BCUT2D eigenvalue weighted by molar-refractivity contribution is 6.40. The van der Waals surface area contributed by atoms with Gasteiger partial charge in [0.25, 0.3) is 5.69 Å². The summed E-state index contributed by atoms with van der Waals surface area (Å²) in [5, 5.41) is 15.9. The summed E-state index contributed by atoms with van der Waals surface area (Å²) in [4.78, 5) is 34.6. The van der Waals surface area contributed by atoms with Gasteiger partial charge in [-0.2, -0.15) is 0 Å². The Kier molecular flexibility index (Phi) is 6.12. The van der Waals surface area contributed by atoms with E-state index in [0.717, 1.165) is 6.07 Å². The molecule has 0 unspecified atom stereocenters. The highest BCUT2D eigenvalue weighted by Crippen LogP contribution is 2.29. The zero-order valence-corrected chi connectivity index (χ0v) is 15.4. The molecular formula is C17H25N3O5. The van der Waals surface area contributed by atoms with Gasteiger partial charge < -0.3 is 15.4 Å². The van der Waals surface area contributed by atoms with Crippen LogP contribution in [0.4, 0.5) is 11.4 Å². The third-order valence-corrected chi connectivity index (χ3v) is 3.27. The minimum Gasteiger partial charge on any atom is -0.495 e. The summed E-state index contributed by atoms with van der Waals surface area (Å²) in [6, 6.07) is 3.75. The molecule has 8 nitrogen and oxygen atoms in total. The fraction of sp³-hybridized carbons (Fsp3) is 0.529. The van der Waals surface area contributed by atoms with Crippen molar-refractivity contribution in [2.45, 2.75) is 46.6 Å². The first kappa shape index (κ1) is 20.4. The minimum absolute atomic E-state index is 0.0312. The molecule has 0 aliphatic carbocycles. The van der Waals surface area contributed by atoms with Crippen LogP contribution in [0.3, 0.4) is 0 Å². The first-order chi connectivity index (χ1) is 11.3. The van der Waals surface area contributed by atoms with E-state index in [1.165, 1.54) is 19.2 Å². The Morgan fingerprint density at radius 3 is 2.24 bits per heavy atom. The molecule has 1 aromatic carbocycles. The van der Waals surface area contributed by atoms with Gasteiger partial charge in [-0.3, -0.25) is 19.7 Å². The lowest BCUT2D eigenvalue weighted by Gasteiger charge is -2.33. The van der Waals surface area contributed by atoms with Crippen molar-refractivity contribution in [3.05, 3.63) is 28.3 Å². The third-order valence-electron chi connectivity index (χ3n) is 3.27. The van der Waals surface area contributed by atoms with Gasteiger partial charge >= 0.3 is 11.8 Å². The van der Waals surface area contributed by atoms with Crippen LogP contribution in [0.2, 0.25) is 0 Å². The number of ether oxygens (including phenoxy) is 1. The number of methoxy groups -OCH3 is 1. The summed E-state index contributed by atoms with van der Waals surface area (Å²) in [5.74, 6) is -1.51. The second-order valence-electron chi connectivity index (χ2n) is 7.67. The van der Waals surface area contributed by atoms with Crippen molar-refractivity contribution in [2.24, 2.45) is 5.41 Å². The number of nitro groups is 1. The van der Waals surface area contributed by atoms with Gasteiger partial charge in [0.2, 0.25) is 0 Å². The molecule has 0 spiro atoms. The average Bonchev–Trinajstić information content (AvgIpc) is 2.43. The van der Waals surface area contributed by atoms with Gasteiger partial charge in [0.15, 0.2) is 0 Å². The van der Waals surface area contributed by atoms with Crippen LogP contribution >= 0.6 is 0 Å². The Labute approximate surface area is 147 Å². The molecule has 138 valence electrons. The smallest absolute Gasteiger partial charge is 0.313 e. The highest BCUT2D eigenvalue weighted by Gasteiger charge is 2.29. The van der Waals surface area contributed by atoms with E-state index in [0.29, 0.717) is 6.42 Å². The quantitative estimate of drug-likeness (QED) is 0.481. The molecule has 2 N–H and O–H groups in total. The predicted octanol–water partition coefficient (Wildman–Crippen LogP) is 2.87. The van der Waals surface area contributed by atoms with Gasteiger partial charge in [0.1, 0.15) is 5.75 Å². The summed E-state index contributed by atoms with van der Waals surface area (Å²) in [6.07, 6.45) is 0.666. The number of hydrogen-bond acceptors (Lipinski definition) is 5. The van der Waals surface area contributed by atoms with Crippen LogP contribution < -0.4 is 15.4 Å². The molecule has 0 saturated carbocycles. The molecule has 1 rings (SSSR count). The summed E-state index contributed by atoms with van der Waals surface area (Å²) >= 11 is 0. The van der Waals surface area contributed by atoms with Crippen LogP contribution in [0.25, 0.3) is 0 Å². The Hall–Kier alpha value is -2.64. The maximum absolute atomic E-state index is 12.2. The average molecular weight is 351 g/mol. The van der Waals surface area contributed by atoms with E-state index in [1.807, 2.05) is 34.6 Å². The monoisotopic (exact) mass is 351 g/mol. The van der Waals surface area contributed by atoms with Crippen LogP contribution in [0.1, 0.15) is 41.0 Å². The number of carbonyl (C=O) groups is 2. The van der Waals surface area contributed by atoms with Crippen LogP contribution in [0.5, 0.6) is 5.75 Å². The Balaban J connectivity index is 2.90. The zero-order valence-electron chi connectivity index (χ0n) is 15.4. The van der Waals surface area contributed by atoms with Gasteiger partial charge in [-0.15, -0.1) is 0 Å². The summed E-state index contributed by atoms with van der Waals surface area (Å²) in [6.45, 7) is 9.77. The molecule has 0 saturated heterocycles. The minimum atomic E-state index is -0.916. The zero-order chi connectivity index (χ0) is 19.4. The molecule has 0 fully saturated rings. The summed E-state index contributed by atoms with van der Waals surface area (Å²) in [5.41, 5.74) is -0.772. The van der Waals surface area contributed by atoms with Crippen molar-refractivity contribution >= 4 is 23.2 Å². The molecular weight excluding hydrogens is 326 g/mol. The van der Waals surface area contributed by atoms with Crippen molar-refractivity contribution in [2.75, 3.05) is 12.4 Å². The van der Waals surface area contributed by atoms with Crippen LogP contribution in [-0.4, -0.2) is 29.4 Å². The Morgan fingerprint density at radius 1 is 1.16 bits per heavy atom. The van der Waals surface area contributed by atoms with Crippen LogP contribution in [0, 0.1) is 15.5 Å². The molecule has 0 aliphatic heterocycles. The van der Waals surface area contributed by atoms with Gasteiger partial charge in [0, 0.05) is 17.7 Å². The molecule has 8 heteroatoms. The molecule has 0 radical (unpaired) electrons. The largest absolute Gasteiger partial charge is 0.495 e.